The van der Waals surface area contributed by atoms with Gasteiger partial charge in [0.2, 0.25) is 0 Å². The molecule has 0 aliphatic carbocycles. The van der Waals surface area contributed by atoms with Gasteiger partial charge in [0.05, 0.1) is 13.2 Å². The molecule has 0 saturated heterocycles. The van der Waals surface area contributed by atoms with Crippen LogP contribution in [0.2, 0.25) is 0 Å². The quantitative estimate of drug-likeness (QED) is 0.218. The molecule has 0 amide bonds. The SMILES string of the molecule is Cc1ccc(C(=O)O)c(OP(=O)(OCc2ccccc2)OCc2ccccc2)c1Cc1ccccc1. The number of carboxylic acids is 1. The van der Waals surface area contributed by atoms with Crippen molar-refractivity contribution in [2.24, 2.45) is 0 Å². The zero-order valence-electron chi connectivity index (χ0n) is 19.9. The molecule has 1 N–H and O–H groups in total. The van der Waals surface area contributed by atoms with E-state index in [1.165, 1.54) is 6.07 Å². The first-order valence-electron chi connectivity index (χ1n) is 11.5. The van der Waals surface area contributed by atoms with Crippen molar-refractivity contribution in [3.8, 4) is 5.75 Å². The summed E-state index contributed by atoms with van der Waals surface area (Å²) in [6, 6.07) is 31.2. The molecule has 4 aromatic rings. The van der Waals surface area contributed by atoms with Crippen LogP contribution in [0, 0.1) is 6.92 Å². The summed E-state index contributed by atoms with van der Waals surface area (Å²) in [6.45, 7) is 1.79. The number of carbonyl (C=O) groups is 1. The summed E-state index contributed by atoms with van der Waals surface area (Å²) in [6.07, 6.45) is 0.389. The van der Waals surface area contributed by atoms with Crippen molar-refractivity contribution in [2.75, 3.05) is 0 Å². The lowest BCUT2D eigenvalue weighted by Crippen LogP contribution is -2.10. The van der Waals surface area contributed by atoms with Crippen molar-refractivity contribution in [3.63, 3.8) is 0 Å². The van der Waals surface area contributed by atoms with Crippen molar-refractivity contribution < 1.29 is 28.0 Å². The second-order valence-corrected chi connectivity index (χ2v) is 9.86. The van der Waals surface area contributed by atoms with Crippen molar-refractivity contribution in [1.29, 1.82) is 0 Å². The first-order chi connectivity index (χ1) is 17.4. The minimum atomic E-state index is -4.25. The van der Waals surface area contributed by atoms with Crippen LogP contribution in [-0.2, 0) is 33.2 Å². The predicted molar refractivity (Wildman–Crippen MR) is 138 cm³/mol. The van der Waals surface area contributed by atoms with Crippen molar-refractivity contribution >= 4 is 13.8 Å². The zero-order valence-corrected chi connectivity index (χ0v) is 20.8. The second-order valence-electron chi connectivity index (χ2n) is 8.26. The van der Waals surface area contributed by atoms with Crippen LogP contribution in [0.15, 0.2) is 103 Å². The van der Waals surface area contributed by atoms with Crippen molar-refractivity contribution in [2.45, 2.75) is 26.6 Å². The standard InChI is InChI=1S/C29H27O6P/c1-22-17-18-26(29(30)31)28(27(22)19-23-11-5-2-6-12-23)35-36(32,33-20-24-13-7-3-8-14-24)34-21-25-15-9-4-10-16-25/h2-18H,19-21H2,1H3,(H,30,31). The van der Waals surface area contributed by atoms with Gasteiger partial charge in [-0.2, -0.15) is 0 Å². The molecule has 0 atom stereocenters. The van der Waals surface area contributed by atoms with Gasteiger partial charge in [-0.05, 0) is 35.2 Å². The van der Waals surface area contributed by atoms with E-state index in [0.29, 0.717) is 12.0 Å². The number of hydrogen-bond acceptors (Lipinski definition) is 5. The molecular formula is C29H27O6P. The molecule has 0 heterocycles. The topological polar surface area (TPSA) is 82.1 Å². The summed E-state index contributed by atoms with van der Waals surface area (Å²) in [5, 5.41) is 9.91. The molecule has 0 spiro atoms. The molecule has 0 bridgehead atoms. The third-order valence-electron chi connectivity index (χ3n) is 5.62. The Morgan fingerprint density at radius 1 is 0.722 bits per heavy atom. The summed E-state index contributed by atoms with van der Waals surface area (Å²) >= 11 is 0. The highest BCUT2D eigenvalue weighted by molar-refractivity contribution is 7.48. The molecule has 0 fully saturated rings. The molecule has 0 aliphatic heterocycles. The van der Waals surface area contributed by atoms with Gasteiger partial charge in [0, 0.05) is 12.0 Å². The van der Waals surface area contributed by atoms with Crippen molar-refractivity contribution in [3.05, 3.63) is 137 Å². The number of phosphoric acid groups is 1. The third kappa shape index (κ3) is 6.70. The maximum atomic E-state index is 14.0. The van der Waals surface area contributed by atoms with Crippen LogP contribution in [0.3, 0.4) is 0 Å². The summed E-state index contributed by atoms with van der Waals surface area (Å²) < 4.78 is 31.4. The van der Waals surface area contributed by atoms with Crippen LogP contribution in [0.4, 0.5) is 0 Å². The average molecular weight is 503 g/mol. The van der Waals surface area contributed by atoms with E-state index in [1.54, 1.807) is 6.07 Å². The Hall–Kier alpha value is -3.70. The molecule has 0 saturated carbocycles. The molecule has 0 aromatic heterocycles. The smallest absolute Gasteiger partial charge is 0.478 e. The van der Waals surface area contributed by atoms with Gasteiger partial charge in [-0.1, -0.05) is 97.1 Å². The Morgan fingerprint density at radius 2 is 1.19 bits per heavy atom. The monoisotopic (exact) mass is 502 g/mol. The molecule has 36 heavy (non-hydrogen) atoms. The van der Waals surface area contributed by atoms with Gasteiger partial charge in [0.25, 0.3) is 0 Å². The Bertz CT molecular complexity index is 1290. The number of carboxylic acid groups (broad SMARTS) is 1. The number of hydrogen-bond donors (Lipinski definition) is 1. The van der Waals surface area contributed by atoms with E-state index in [9.17, 15) is 14.5 Å². The van der Waals surface area contributed by atoms with E-state index in [0.717, 1.165) is 22.3 Å². The minimum absolute atomic E-state index is 0.0178. The van der Waals surface area contributed by atoms with E-state index >= 15 is 0 Å². The highest BCUT2D eigenvalue weighted by Gasteiger charge is 2.33. The number of aryl methyl sites for hydroxylation is 1. The van der Waals surface area contributed by atoms with Gasteiger partial charge in [-0.25, -0.2) is 9.36 Å². The third-order valence-corrected chi connectivity index (χ3v) is 6.91. The lowest BCUT2D eigenvalue weighted by molar-refractivity contribution is 0.0693. The van der Waals surface area contributed by atoms with Crippen molar-refractivity contribution in [1.82, 2.24) is 0 Å². The van der Waals surface area contributed by atoms with E-state index in [4.69, 9.17) is 13.6 Å². The lowest BCUT2D eigenvalue weighted by atomic mass is 9.97. The van der Waals surface area contributed by atoms with E-state index in [1.807, 2.05) is 97.9 Å². The molecule has 6 nitrogen and oxygen atoms in total. The fraction of sp³-hybridized carbons (Fsp3) is 0.138. The maximum Gasteiger partial charge on any atom is 0.530 e. The highest BCUT2D eigenvalue weighted by atomic mass is 31.2. The Labute approximate surface area is 210 Å². The maximum absolute atomic E-state index is 14.0. The Kier molecular flexibility index (Phi) is 8.34. The van der Waals surface area contributed by atoms with E-state index < -0.39 is 13.8 Å². The summed E-state index contributed by atoms with van der Waals surface area (Å²) in [7, 11) is -4.25. The number of rotatable bonds is 11. The number of benzene rings is 4. The predicted octanol–water partition coefficient (Wildman–Crippen LogP) is 7.20. The average Bonchev–Trinajstić information content (AvgIpc) is 2.90. The highest BCUT2D eigenvalue weighted by Crippen LogP contribution is 2.53. The molecule has 4 rings (SSSR count). The second kappa shape index (κ2) is 11.8. The van der Waals surface area contributed by atoms with Crippen LogP contribution in [0.25, 0.3) is 0 Å². The van der Waals surface area contributed by atoms with Gasteiger partial charge in [-0.15, -0.1) is 0 Å². The minimum Gasteiger partial charge on any atom is -0.478 e. The first kappa shape index (κ1) is 25.4. The largest absolute Gasteiger partial charge is 0.530 e. The molecule has 4 aromatic carbocycles. The zero-order chi connectivity index (χ0) is 25.4. The Balaban J connectivity index is 1.70. The number of phosphoric ester groups is 1. The number of aromatic carboxylic acids is 1. The van der Waals surface area contributed by atoms with Crippen LogP contribution in [0.5, 0.6) is 5.75 Å². The molecule has 7 heteroatoms. The van der Waals surface area contributed by atoms with Crippen LogP contribution >= 0.6 is 7.82 Å². The van der Waals surface area contributed by atoms with E-state index in [2.05, 4.69) is 0 Å². The molecule has 0 aliphatic rings. The van der Waals surface area contributed by atoms with Gasteiger partial charge >= 0.3 is 13.8 Å². The normalized spacial score (nSPS) is 11.2. The Morgan fingerprint density at radius 3 is 1.67 bits per heavy atom. The summed E-state index contributed by atoms with van der Waals surface area (Å²) in [5.41, 5.74) is 3.80. The summed E-state index contributed by atoms with van der Waals surface area (Å²) in [4.78, 5) is 12.1. The fourth-order valence-electron chi connectivity index (χ4n) is 3.68. The molecular weight excluding hydrogens is 475 g/mol. The van der Waals surface area contributed by atoms with Crippen LogP contribution in [-0.4, -0.2) is 11.1 Å². The molecule has 0 unspecified atom stereocenters. The van der Waals surface area contributed by atoms with Gasteiger partial charge < -0.3 is 9.63 Å². The molecule has 0 radical (unpaired) electrons. The van der Waals surface area contributed by atoms with Gasteiger partial charge in [0.1, 0.15) is 11.3 Å². The van der Waals surface area contributed by atoms with Gasteiger partial charge in [0.15, 0.2) is 0 Å². The fourth-order valence-corrected chi connectivity index (χ4v) is 4.90. The lowest BCUT2D eigenvalue weighted by Gasteiger charge is -2.22. The van der Waals surface area contributed by atoms with Gasteiger partial charge in [-0.3, -0.25) is 9.05 Å². The first-order valence-corrected chi connectivity index (χ1v) is 13.0. The van der Waals surface area contributed by atoms with Crippen LogP contribution in [0.1, 0.15) is 38.2 Å². The van der Waals surface area contributed by atoms with E-state index in [-0.39, 0.29) is 24.5 Å². The summed E-state index contributed by atoms with van der Waals surface area (Å²) in [5.74, 6) is -1.22. The van der Waals surface area contributed by atoms with Crippen LogP contribution < -0.4 is 4.52 Å². The molecule has 184 valence electrons.